The van der Waals surface area contributed by atoms with Crippen LogP contribution in [-0.2, 0) is 0 Å². The molecule has 5 nitrogen and oxygen atoms in total. The van der Waals surface area contributed by atoms with E-state index in [2.05, 4.69) is 199 Å². The van der Waals surface area contributed by atoms with E-state index in [-0.39, 0.29) is 0 Å². The molecule has 296 valence electrons. The molecule has 0 saturated carbocycles. The van der Waals surface area contributed by atoms with Crippen LogP contribution in [0.25, 0.3) is 137 Å². The van der Waals surface area contributed by atoms with Gasteiger partial charge in [0.25, 0.3) is 0 Å². The topological polar surface area (TPSA) is 56.7 Å². The third kappa shape index (κ3) is 5.09. The largest absolute Gasteiger partial charge is 0.455 e. The molecule has 0 aliphatic heterocycles. The van der Waals surface area contributed by atoms with Crippen LogP contribution in [0.3, 0.4) is 0 Å². The second kappa shape index (κ2) is 13.4. The molecule has 14 rings (SSSR count). The quantitative estimate of drug-likeness (QED) is 0.166. The Bertz CT molecular complexity index is 4180. The van der Waals surface area contributed by atoms with E-state index in [0.29, 0.717) is 17.6 Å². The molecule has 0 N–H and O–H groups in total. The normalized spacial score (nSPS) is 12.1. The Morgan fingerprint density at radius 2 is 0.859 bits per heavy atom. The fraction of sp³-hybridized carbons (Fsp3) is 0. The number of rotatable bonds is 4. The minimum atomic E-state index is 0.543. The number of nitrogens with zero attached hydrogens (tertiary/aromatic N) is 4. The van der Waals surface area contributed by atoms with Crippen molar-refractivity contribution in [3.8, 4) is 39.9 Å². The lowest BCUT2D eigenvalue weighted by molar-refractivity contribution is 0.672. The number of para-hydroxylation sites is 1. The van der Waals surface area contributed by atoms with Crippen LogP contribution in [-0.4, -0.2) is 19.5 Å². The second-order valence-corrected chi connectivity index (χ2v) is 16.7. The standard InChI is InChI=1S/C59H34N4O/c1-6-21-42-35(14-1)28-30-50-54(42)55-43-22-7-2-15-36(43)29-31-51(55)63(50)59-61-57(40-19-13-18-37(32-40)48-33-38-16-3-5-20-41(38)45-24-9-10-25-46(45)48)60-58(62-59)49-34-39-17-4-8-23-44(39)56-53(49)47-26-11-12-27-52(47)64-56/h1-34H. The molecule has 0 amide bonds. The van der Waals surface area contributed by atoms with E-state index >= 15 is 0 Å². The van der Waals surface area contributed by atoms with Gasteiger partial charge in [0.15, 0.2) is 11.6 Å². The smallest absolute Gasteiger partial charge is 0.238 e. The number of benzene rings is 11. The number of hydrogen-bond acceptors (Lipinski definition) is 4. The van der Waals surface area contributed by atoms with E-state index in [1.807, 2.05) is 12.1 Å². The molecule has 11 aromatic carbocycles. The molecule has 14 aromatic rings. The SMILES string of the molecule is c1cc(-c2nc(-c3cc4ccccc4c4oc5ccccc5c34)nc(-n3c4ccc5ccccc5c4c4c5ccccc5ccc43)n2)cc(-c2cc3ccccc3c3ccccc23)c1. The van der Waals surface area contributed by atoms with Gasteiger partial charge >= 0.3 is 0 Å². The summed E-state index contributed by atoms with van der Waals surface area (Å²) in [5.41, 5.74) is 7.73. The lowest BCUT2D eigenvalue weighted by atomic mass is 9.92. The Morgan fingerprint density at radius 3 is 1.58 bits per heavy atom. The summed E-state index contributed by atoms with van der Waals surface area (Å²) in [5, 5.41) is 16.0. The maximum absolute atomic E-state index is 6.70. The third-order valence-corrected chi connectivity index (χ3v) is 13.2. The summed E-state index contributed by atoms with van der Waals surface area (Å²) < 4.78 is 8.94. The molecule has 0 atom stereocenters. The van der Waals surface area contributed by atoms with Gasteiger partial charge in [-0.2, -0.15) is 9.97 Å². The van der Waals surface area contributed by atoms with Crippen molar-refractivity contribution >= 4 is 97.6 Å². The highest BCUT2D eigenvalue weighted by atomic mass is 16.3. The summed E-state index contributed by atoms with van der Waals surface area (Å²) >= 11 is 0. The van der Waals surface area contributed by atoms with Crippen LogP contribution in [0.4, 0.5) is 0 Å². The van der Waals surface area contributed by atoms with Gasteiger partial charge in [-0.25, -0.2) is 4.98 Å². The highest BCUT2D eigenvalue weighted by molar-refractivity contribution is 6.28. The lowest BCUT2D eigenvalue weighted by Gasteiger charge is -2.14. The summed E-state index contributed by atoms with van der Waals surface area (Å²) in [6.07, 6.45) is 0. The van der Waals surface area contributed by atoms with Crippen molar-refractivity contribution in [2.45, 2.75) is 0 Å². The monoisotopic (exact) mass is 814 g/mol. The molecule has 0 radical (unpaired) electrons. The predicted octanol–water partition coefficient (Wildman–Crippen LogP) is 15.6. The molecule has 0 aliphatic rings. The molecule has 3 aromatic heterocycles. The fourth-order valence-electron chi connectivity index (χ4n) is 10.3. The lowest BCUT2D eigenvalue weighted by Crippen LogP contribution is -2.06. The van der Waals surface area contributed by atoms with Crippen LogP contribution in [0.15, 0.2) is 211 Å². The number of aromatic nitrogens is 4. The minimum absolute atomic E-state index is 0.543. The van der Waals surface area contributed by atoms with Gasteiger partial charge in [0, 0.05) is 38.1 Å². The van der Waals surface area contributed by atoms with Gasteiger partial charge in [0.05, 0.1) is 11.0 Å². The zero-order chi connectivity index (χ0) is 41.9. The summed E-state index contributed by atoms with van der Waals surface area (Å²) in [5.74, 6) is 1.69. The Labute approximate surface area is 366 Å². The van der Waals surface area contributed by atoms with Gasteiger partial charge in [-0.1, -0.05) is 170 Å². The molecule has 64 heavy (non-hydrogen) atoms. The average Bonchev–Trinajstić information content (AvgIpc) is 3.93. The molecule has 0 fully saturated rings. The highest BCUT2D eigenvalue weighted by Crippen LogP contribution is 2.44. The summed E-state index contributed by atoms with van der Waals surface area (Å²) in [6.45, 7) is 0. The molecular formula is C59H34N4O. The van der Waals surface area contributed by atoms with Crippen molar-refractivity contribution in [3.05, 3.63) is 206 Å². The number of fused-ring (bicyclic) bond motifs is 15. The van der Waals surface area contributed by atoms with Gasteiger partial charge in [-0.15, -0.1) is 0 Å². The second-order valence-electron chi connectivity index (χ2n) is 16.7. The molecule has 0 aliphatic carbocycles. The molecule has 0 spiro atoms. The van der Waals surface area contributed by atoms with Crippen LogP contribution in [0, 0.1) is 0 Å². The molecule has 0 unspecified atom stereocenters. The van der Waals surface area contributed by atoms with Crippen molar-refractivity contribution in [2.24, 2.45) is 0 Å². The van der Waals surface area contributed by atoms with Gasteiger partial charge in [-0.05, 0) is 96.0 Å². The van der Waals surface area contributed by atoms with Gasteiger partial charge in [-0.3, -0.25) is 4.57 Å². The van der Waals surface area contributed by atoms with E-state index in [1.165, 1.54) is 53.9 Å². The van der Waals surface area contributed by atoms with Gasteiger partial charge in [0.2, 0.25) is 5.95 Å². The zero-order valence-electron chi connectivity index (χ0n) is 34.3. The van der Waals surface area contributed by atoms with E-state index in [0.717, 1.165) is 66.0 Å². The first-order chi connectivity index (χ1) is 31.7. The van der Waals surface area contributed by atoms with Crippen LogP contribution in [0.1, 0.15) is 0 Å². The van der Waals surface area contributed by atoms with Crippen molar-refractivity contribution in [3.63, 3.8) is 0 Å². The Morgan fingerprint density at radius 1 is 0.328 bits per heavy atom. The zero-order valence-corrected chi connectivity index (χ0v) is 34.3. The molecule has 0 bridgehead atoms. The molecular weight excluding hydrogens is 781 g/mol. The van der Waals surface area contributed by atoms with Crippen molar-refractivity contribution < 1.29 is 4.42 Å². The minimum Gasteiger partial charge on any atom is -0.455 e. The Hall–Kier alpha value is -8.67. The highest BCUT2D eigenvalue weighted by Gasteiger charge is 2.24. The first-order valence-electron chi connectivity index (χ1n) is 21.7. The maximum atomic E-state index is 6.70. The first-order valence-corrected chi connectivity index (χ1v) is 21.7. The molecule has 5 heteroatoms. The number of hydrogen-bond donors (Lipinski definition) is 0. The summed E-state index contributed by atoms with van der Waals surface area (Å²) in [6, 6.07) is 73.3. The van der Waals surface area contributed by atoms with Crippen molar-refractivity contribution in [1.29, 1.82) is 0 Å². The Balaban J connectivity index is 1.10. The van der Waals surface area contributed by atoms with Crippen molar-refractivity contribution in [1.82, 2.24) is 19.5 Å². The van der Waals surface area contributed by atoms with E-state index in [9.17, 15) is 0 Å². The predicted molar refractivity (Wildman–Crippen MR) is 265 cm³/mol. The molecule has 0 saturated heterocycles. The third-order valence-electron chi connectivity index (χ3n) is 13.2. The molecule has 3 heterocycles. The maximum Gasteiger partial charge on any atom is 0.238 e. The summed E-state index contributed by atoms with van der Waals surface area (Å²) in [4.78, 5) is 16.5. The van der Waals surface area contributed by atoms with E-state index in [1.54, 1.807) is 0 Å². The van der Waals surface area contributed by atoms with Gasteiger partial charge in [0.1, 0.15) is 11.2 Å². The van der Waals surface area contributed by atoms with Gasteiger partial charge < -0.3 is 4.42 Å². The first kappa shape index (κ1) is 35.0. The Kier molecular flexibility index (Phi) is 7.33. The van der Waals surface area contributed by atoms with Crippen LogP contribution in [0.5, 0.6) is 0 Å². The van der Waals surface area contributed by atoms with Crippen LogP contribution < -0.4 is 0 Å². The van der Waals surface area contributed by atoms with Crippen LogP contribution >= 0.6 is 0 Å². The van der Waals surface area contributed by atoms with E-state index < -0.39 is 0 Å². The van der Waals surface area contributed by atoms with E-state index in [4.69, 9.17) is 19.4 Å². The number of furan rings is 1. The average molecular weight is 815 g/mol. The fourth-order valence-corrected chi connectivity index (χ4v) is 10.3. The van der Waals surface area contributed by atoms with Crippen LogP contribution in [0.2, 0.25) is 0 Å². The summed E-state index contributed by atoms with van der Waals surface area (Å²) in [7, 11) is 0. The van der Waals surface area contributed by atoms with Crippen molar-refractivity contribution in [2.75, 3.05) is 0 Å².